The molecule has 4 aromatic rings. The number of benzene rings is 1. The fourth-order valence-corrected chi connectivity index (χ4v) is 4.63. The van der Waals surface area contributed by atoms with Crippen LogP contribution in [-0.2, 0) is 36.7 Å². The number of rotatable bonds is 5. The minimum Gasteiger partial charge on any atom is -0.462 e. The van der Waals surface area contributed by atoms with Gasteiger partial charge in [-0.1, -0.05) is 17.3 Å². The molecule has 0 spiro atoms. The zero-order valence-electron chi connectivity index (χ0n) is 18.6. The van der Waals surface area contributed by atoms with E-state index in [4.69, 9.17) is 11.2 Å². The van der Waals surface area contributed by atoms with Crippen LogP contribution in [-0.4, -0.2) is 41.7 Å². The van der Waals surface area contributed by atoms with E-state index in [1.165, 1.54) is 40.9 Å². The van der Waals surface area contributed by atoms with Gasteiger partial charge >= 0.3 is 11.7 Å². The van der Waals surface area contributed by atoms with Gasteiger partial charge in [0.2, 0.25) is 0 Å². The van der Waals surface area contributed by atoms with Crippen LogP contribution >= 0.6 is 11.3 Å². The van der Waals surface area contributed by atoms with Crippen molar-refractivity contribution < 1.29 is 14.3 Å². The van der Waals surface area contributed by atoms with E-state index < -0.39 is 23.1 Å². The Labute approximate surface area is 196 Å². The minimum absolute atomic E-state index is 0.125. The van der Waals surface area contributed by atoms with E-state index in [1.54, 1.807) is 29.7 Å². The minimum atomic E-state index is -0.556. The van der Waals surface area contributed by atoms with E-state index in [9.17, 15) is 19.2 Å². The molecule has 0 N–H and O–H groups in total. The maximum Gasteiger partial charge on any atom is 0.338 e. The van der Waals surface area contributed by atoms with Gasteiger partial charge in [0.25, 0.3) is 11.5 Å². The van der Waals surface area contributed by atoms with Crippen LogP contribution in [0.3, 0.4) is 0 Å². The molecule has 4 rings (SSSR count). The Bertz CT molecular complexity index is 1690. The Hall–Kier alpha value is -4.24. The molecule has 0 atom stereocenters. The van der Waals surface area contributed by atoms with Crippen LogP contribution in [0.15, 0.2) is 39.1 Å². The molecule has 11 nitrogen and oxygen atoms in total. The Morgan fingerprint density at radius 1 is 1.24 bits per heavy atom. The number of nitrogens with zero attached hydrogens (tertiary/aromatic N) is 6. The number of ether oxygens (including phenoxy) is 1. The highest BCUT2D eigenvalue weighted by molar-refractivity contribution is 7.16. The van der Waals surface area contributed by atoms with Crippen molar-refractivity contribution in [2.75, 3.05) is 6.61 Å². The number of hydrogen-bond acceptors (Lipinski definition) is 7. The highest BCUT2D eigenvalue weighted by atomic mass is 32.1. The molecular weight excluding hydrogens is 460 g/mol. The quantitative estimate of drug-likeness (QED) is 0.301. The molecule has 0 unspecified atom stereocenters. The molecular formula is C22H20N6O5S. The number of aromatic nitrogens is 5. The first kappa shape index (κ1) is 22.9. The Balaban J connectivity index is 1.77. The third-order valence-electron chi connectivity index (χ3n) is 5.19. The number of imidazole rings is 1. The number of carbonyl (C=O) groups excluding carboxylic acids is 2. The summed E-state index contributed by atoms with van der Waals surface area (Å²) in [4.78, 5) is 58.3. The summed E-state index contributed by atoms with van der Waals surface area (Å²) in [6.45, 7) is 1.89. The number of esters is 1. The second-order valence-electron chi connectivity index (χ2n) is 7.33. The third kappa shape index (κ3) is 3.86. The van der Waals surface area contributed by atoms with Gasteiger partial charge < -0.3 is 13.9 Å². The first-order valence-corrected chi connectivity index (χ1v) is 11.0. The number of terminal acetylenes is 1. The van der Waals surface area contributed by atoms with E-state index in [-0.39, 0.29) is 30.9 Å². The van der Waals surface area contributed by atoms with E-state index in [2.05, 4.69) is 15.9 Å². The van der Waals surface area contributed by atoms with Crippen LogP contribution in [0.4, 0.5) is 0 Å². The van der Waals surface area contributed by atoms with Crippen molar-refractivity contribution >= 4 is 44.6 Å². The maximum atomic E-state index is 12.8. The number of fused-ring (bicyclic) bond motifs is 2. The number of thiazole rings is 1. The second-order valence-corrected chi connectivity index (χ2v) is 8.34. The van der Waals surface area contributed by atoms with Crippen molar-refractivity contribution in [2.45, 2.75) is 20.0 Å². The highest BCUT2D eigenvalue weighted by Gasteiger charge is 2.17. The van der Waals surface area contributed by atoms with E-state index in [0.717, 1.165) is 10.1 Å². The summed E-state index contributed by atoms with van der Waals surface area (Å²) in [5.41, 5.74) is 0.338. The summed E-state index contributed by atoms with van der Waals surface area (Å²) in [7, 11) is 2.86. The summed E-state index contributed by atoms with van der Waals surface area (Å²) in [5, 5.41) is 0. The number of hydrogen-bond donors (Lipinski definition) is 0. The summed E-state index contributed by atoms with van der Waals surface area (Å²) in [6, 6.07) is 5.03. The van der Waals surface area contributed by atoms with Gasteiger partial charge in [-0.15, -0.1) is 6.42 Å². The van der Waals surface area contributed by atoms with Crippen LogP contribution in [0, 0.1) is 12.3 Å². The molecule has 0 bridgehead atoms. The van der Waals surface area contributed by atoms with Crippen LogP contribution in [0.25, 0.3) is 21.4 Å². The molecule has 1 amide bonds. The molecule has 0 saturated heterocycles. The highest BCUT2D eigenvalue weighted by Crippen LogP contribution is 2.20. The molecule has 12 heteroatoms. The molecule has 0 radical (unpaired) electrons. The van der Waals surface area contributed by atoms with Gasteiger partial charge in [-0.25, -0.2) is 14.6 Å². The van der Waals surface area contributed by atoms with Crippen molar-refractivity contribution in [2.24, 2.45) is 19.1 Å². The number of aryl methyl sites for hydroxylation is 1. The number of amides is 1. The van der Waals surface area contributed by atoms with Crippen LogP contribution in [0.5, 0.6) is 0 Å². The third-order valence-corrected chi connectivity index (χ3v) is 6.23. The SMILES string of the molecule is C#CCn1c(=NC(=O)Cn2cnc3c2c(=O)n(C)c(=O)n3C)sc2cc(C(=O)OCC)ccc21. The molecule has 174 valence electrons. The molecule has 3 aromatic heterocycles. The predicted octanol–water partition coefficient (Wildman–Crippen LogP) is 0.387. The lowest BCUT2D eigenvalue weighted by molar-refractivity contribution is -0.118. The maximum absolute atomic E-state index is 12.8. The summed E-state index contributed by atoms with van der Waals surface area (Å²) >= 11 is 1.20. The summed E-state index contributed by atoms with van der Waals surface area (Å²) < 4.78 is 11.0. The number of carbonyl (C=O) groups is 2. The van der Waals surface area contributed by atoms with Gasteiger partial charge in [0, 0.05) is 14.1 Å². The fourth-order valence-electron chi connectivity index (χ4n) is 3.55. The van der Waals surface area contributed by atoms with Crippen molar-refractivity contribution in [3.8, 4) is 12.3 Å². The smallest absolute Gasteiger partial charge is 0.338 e. The van der Waals surface area contributed by atoms with Gasteiger partial charge in [-0.05, 0) is 25.1 Å². The van der Waals surface area contributed by atoms with E-state index in [1.807, 2.05) is 0 Å². The lowest BCUT2D eigenvalue weighted by Gasteiger charge is -2.05. The molecule has 3 heterocycles. The first-order chi connectivity index (χ1) is 16.3. The van der Waals surface area contributed by atoms with Gasteiger partial charge in [0.1, 0.15) is 6.54 Å². The molecule has 1 aromatic carbocycles. The fraction of sp³-hybridized carbons (Fsp3) is 0.273. The van der Waals surface area contributed by atoms with Gasteiger partial charge in [0.05, 0.1) is 35.3 Å². The van der Waals surface area contributed by atoms with Gasteiger partial charge in [-0.3, -0.25) is 18.7 Å². The first-order valence-electron chi connectivity index (χ1n) is 10.2. The van der Waals surface area contributed by atoms with Crippen molar-refractivity contribution in [1.82, 2.24) is 23.3 Å². The average molecular weight is 481 g/mol. The van der Waals surface area contributed by atoms with Crippen molar-refractivity contribution in [3.63, 3.8) is 0 Å². The standard InChI is InChI=1S/C22H20N6O5S/c1-5-9-28-14-8-7-13(20(31)33-6-2)10-15(14)34-21(28)24-16(29)11-27-12-23-18-17(27)19(30)26(4)22(32)25(18)3/h1,7-8,10,12H,6,9,11H2,2-4H3. The topological polar surface area (TPSA) is 122 Å². The Kier molecular flexibility index (Phi) is 6.04. The molecule has 0 aliphatic carbocycles. The zero-order chi connectivity index (χ0) is 24.6. The molecule has 0 saturated carbocycles. The van der Waals surface area contributed by atoms with E-state index >= 15 is 0 Å². The Morgan fingerprint density at radius 2 is 2.00 bits per heavy atom. The Morgan fingerprint density at radius 3 is 2.71 bits per heavy atom. The molecule has 0 aliphatic heterocycles. The lowest BCUT2D eigenvalue weighted by atomic mass is 10.2. The van der Waals surface area contributed by atoms with Crippen LogP contribution in [0.1, 0.15) is 17.3 Å². The van der Waals surface area contributed by atoms with Gasteiger partial charge in [0.15, 0.2) is 16.0 Å². The monoisotopic (exact) mass is 480 g/mol. The lowest BCUT2D eigenvalue weighted by Crippen LogP contribution is -2.37. The molecule has 34 heavy (non-hydrogen) atoms. The summed E-state index contributed by atoms with van der Waals surface area (Å²) in [6.07, 6.45) is 6.84. The van der Waals surface area contributed by atoms with E-state index in [0.29, 0.717) is 15.1 Å². The molecule has 0 fully saturated rings. The average Bonchev–Trinajstić information content (AvgIpc) is 3.37. The second kappa shape index (κ2) is 8.95. The van der Waals surface area contributed by atoms with Crippen molar-refractivity contribution in [3.05, 3.63) is 55.7 Å². The zero-order valence-corrected chi connectivity index (χ0v) is 19.5. The predicted molar refractivity (Wildman–Crippen MR) is 125 cm³/mol. The normalized spacial score (nSPS) is 11.8. The molecule has 0 aliphatic rings. The summed E-state index contributed by atoms with van der Waals surface area (Å²) in [5.74, 6) is 1.55. The van der Waals surface area contributed by atoms with Crippen molar-refractivity contribution in [1.29, 1.82) is 0 Å². The van der Waals surface area contributed by atoms with Crippen LogP contribution < -0.4 is 16.1 Å². The largest absolute Gasteiger partial charge is 0.462 e. The van der Waals surface area contributed by atoms with Gasteiger partial charge in [-0.2, -0.15) is 4.99 Å². The van der Waals surface area contributed by atoms with Crippen LogP contribution in [0.2, 0.25) is 0 Å².